The zero-order chi connectivity index (χ0) is 21.6. The average Bonchev–Trinajstić information content (AvgIpc) is 2.91. The minimum absolute atomic E-state index is 0.276. The van der Waals surface area contributed by atoms with Crippen molar-refractivity contribution in [3.8, 4) is 5.75 Å². The smallest absolute Gasteiger partial charge is 0.419 e. The van der Waals surface area contributed by atoms with Crippen LogP contribution in [0.25, 0.3) is 21.8 Å². The highest BCUT2D eigenvalue weighted by Gasteiger charge is 2.24. The molecule has 0 unspecified atom stereocenters. The van der Waals surface area contributed by atoms with Gasteiger partial charge in [0.2, 0.25) is 0 Å². The maximum absolute atomic E-state index is 12.9. The van der Waals surface area contributed by atoms with Crippen molar-refractivity contribution in [3.05, 3.63) is 36.2 Å². The maximum Gasteiger partial charge on any atom is 0.419 e. The van der Waals surface area contributed by atoms with Gasteiger partial charge in [-0.15, -0.1) is 0 Å². The second-order valence-corrected chi connectivity index (χ2v) is 8.99. The van der Waals surface area contributed by atoms with Crippen LogP contribution in [0, 0.1) is 0 Å². The van der Waals surface area contributed by atoms with Crippen molar-refractivity contribution in [2.45, 2.75) is 52.7 Å². The SMILES string of the molecule is COc1ccc2c(c1)c1cc(C(=O)NC(C)(C)C)ncc1n2C(=O)OC(C)(C)C. The molecule has 7 nitrogen and oxygen atoms in total. The molecule has 1 N–H and O–H groups in total. The number of nitrogens with zero attached hydrogens (tertiary/aromatic N) is 2. The number of fused-ring (bicyclic) bond motifs is 3. The van der Waals surface area contributed by atoms with Gasteiger partial charge < -0.3 is 14.8 Å². The van der Waals surface area contributed by atoms with Crippen LogP contribution < -0.4 is 10.1 Å². The maximum atomic E-state index is 12.9. The van der Waals surface area contributed by atoms with Gasteiger partial charge in [0.25, 0.3) is 5.91 Å². The number of carbonyl (C=O) groups excluding carboxylic acids is 2. The Kier molecular flexibility index (Phi) is 5.03. The van der Waals surface area contributed by atoms with Crippen LogP contribution in [-0.2, 0) is 4.74 Å². The van der Waals surface area contributed by atoms with Crippen molar-refractivity contribution in [2.75, 3.05) is 7.11 Å². The Hall–Kier alpha value is -3.09. The number of carbonyl (C=O) groups is 2. The van der Waals surface area contributed by atoms with Crippen molar-refractivity contribution in [3.63, 3.8) is 0 Å². The van der Waals surface area contributed by atoms with Gasteiger partial charge in [0.15, 0.2) is 0 Å². The van der Waals surface area contributed by atoms with E-state index in [4.69, 9.17) is 9.47 Å². The lowest BCUT2D eigenvalue weighted by atomic mass is 10.1. The molecule has 0 spiro atoms. The van der Waals surface area contributed by atoms with Crippen LogP contribution >= 0.6 is 0 Å². The predicted molar refractivity (Wildman–Crippen MR) is 113 cm³/mol. The average molecular weight is 397 g/mol. The first-order valence-corrected chi connectivity index (χ1v) is 9.44. The zero-order valence-corrected chi connectivity index (χ0v) is 17.9. The molecule has 0 saturated heterocycles. The molecule has 7 heteroatoms. The molecule has 0 atom stereocenters. The molecule has 0 fully saturated rings. The minimum Gasteiger partial charge on any atom is -0.497 e. The molecule has 2 aromatic heterocycles. The van der Waals surface area contributed by atoms with Gasteiger partial charge in [-0.2, -0.15) is 0 Å². The fourth-order valence-electron chi connectivity index (χ4n) is 3.06. The van der Waals surface area contributed by atoms with E-state index in [-0.39, 0.29) is 17.1 Å². The number of nitrogens with one attached hydrogen (secondary N) is 1. The Morgan fingerprint density at radius 1 is 1.00 bits per heavy atom. The number of aromatic nitrogens is 2. The predicted octanol–water partition coefficient (Wildman–Crippen LogP) is 4.51. The van der Waals surface area contributed by atoms with Gasteiger partial charge in [-0.3, -0.25) is 4.79 Å². The fraction of sp³-hybridized carbons (Fsp3) is 0.409. The first kappa shape index (κ1) is 20.6. The molecule has 3 aromatic rings. The second kappa shape index (κ2) is 7.06. The number of hydrogen-bond donors (Lipinski definition) is 1. The number of ether oxygens (including phenoxy) is 2. The third-order valence-corrected chi connectivity index (χ3v) is 4.16. The molecule has 2 heterocycles. The molecule has 0 aliphatic carbocycles. The summed E-state index contributed by atoms with van der Waals surface area (Å²) in [6.07, 6.45) is 1.03. The number of amides is 1. The summed E-state index contributed by atoms with van der Waals surface area (Å²) < 4.78 is 12.4. The summed E-state index contributed by atoms with van der Waals surface area (Å²) in [7, 11) is 1.58. The van der Waals surface area contributed by atoms with Crippen LogP contribution in [0.1, 0.15) is 52.0 Å². The molecule has 0 aliphatic rings. The van der Waals surface area contributed by atoms with Crippen LogP contribution in [0.2, 0.25) is 0 Å². The molecule has 0 radical (unpaired) electrons. The third kappa shape index (κ3) is 4.34. The molecule has 3 rings (SSSR count). The molecule has 0 aliphatic heterocycles. The van der Waals surface area contributed by atoms with E-state index in [2.05, 4.69) is 10.3 Å². The Balaban J connectivity index is 2.23. The van der Waals surface area contributed by atoms with E-state index in [0.717, 1.165) is 10.8 Å². The Morgan fingerprint density at radius 3 is 2.24 bits per heavy atom. The monoisotopic (exact) mass is 397 g/mol. The molecular formula is C22H27N3O4. The summed E-state index contributed by atoms with van der Waals surface area (Å²) in [5.41, 5.74) is 0.465. The van der Waals surface area contributed by atoms with Gasteiger partial charge in [-0.25, -0.2) is 14.3 Å². The lowest BCUT2D eigenvalue weighted by molar-refractivity contribution is 0.0551. The lowest BCUT2D eigenvalue weighted by Gasteiger charge is -2.20. The number of methoxy groups -OCH3 is 1. The van der Waals surface area contributed by atoms with Crippen molar-refractivity contribution in [1.29, 1.82) is 0 Å². The van der Waals surface area contributed by atoms with Crippen LogP contribution in [0.4, 0.5) is 4.79 Å². The van der Waals surface area contributed by atoms with E-state index in [9.17, 15) is 9.59 Å². The molecule has 29 heavy (non-hydrogen) atoms. The first-order valence-electron chi connectivity index (χ1n) is 9.44. The van der Waals surface area contributed by atoms with Gasteiger partial charge in [-0.1, -0.05) is 0 Å². The highest BCUT2D eigenvalue weighted by Crippen LogP contribution is 2.32. The lowest BCUT2D eigenvalue weighted by Crippen LogP contribution is -2.40. The molecule has 1 amide bonds. The summed E-state index contributed by atoms with van der Waals surface area (Å²) in [5.74, 6) is 0.374. The van der Waals surface area contributed by atoms with E-state index in [1.54, 1.807) is 25.3 Å². The molecule has 1 aromatic carbocycles. The normalized spacial score (nSPS) is 12.2. The summed E-state index contributed by atoms with van der Waals surface area (Å²) in [5, 5.41) is 4.40. The molecular weight excluding hydrogens is 370 g/mol. The number of pyridine rings is 1. The molecule has 0 saturated carbocycles. The highest BCUT2D eigenvalue weighted by atomic mass is 16.6. The molecule has 154 valence electrons. The van der Waals surface area contributed by atoms with E-state index >= 15 is 0 Å². The van der Waals surface area contributed by atoms with Gasteiger partial charge in [0.1, 0.15) is 17.0 Å². The topological polar surface area (TPSA) is 82.5 Å². The van der Waals surface area contributed by atoms with Gasteiger partial charge >= 0.3 is 6.09 Å². The Labute approximate surface area is 170 Å². The summed E-state index contributed by atoms with van der Waals surface area (Å²) in [6.45, 7) is 11.2. The van der Waals surface area contributed by atoms with E-state index in [1.165, 1.54) is 10.8 Å². The first-order chi connectivity index (χ1) is 13.4. The summed E-state index contributed by atoms with van der Waals surface area (Å²) >= 11 is 0. The largest absolute Gasteiger partial charge is 0.497 e. The number of hydrogen-bond acceptors (Lipinski definition) is 5. The standard InChI is InChI=1S/C22H27N3O4/c1-21(2,3)24-19(26)16-11-15-14-10-13(28-7)8-9-17(14)25(18(15)12-23-16)20(27)29-22(4,5)6/h8-12H,1-7H3,(H,24,26). The van der Waals surface area contributed by atoms with Crippen LogP contribution in [0.5, 0.6) is 5.75 Å². The molecule has 0 bridgehead atoms. The van der Waals surface area contributed by atoms with E-state index < -0.39 is 11.7 Å². The van der Waals surface area contributed by atoms with E-state index in [0.29, 0.717) is 16.8 Å². The van der Waals surface area contributed by atoms with Gasteiger partial charge in [0.05, 0.1) is 24.3 Å². The minimum atomic E-state index is -0.646. The van der Waals surface area contributed by atoms with Crippen LogP contribution in [0.15, 0.2) is 30.5 Å². The number of benzene rings is 1. The number of rotatable bonds is 2. The van der Waals surface area contributed by atoms with Crippen molar-refractivity contribution >= 4 is 33.8 Å². The van der Waals surface area contributed by atoms with Crippen molar-refractivity contribution < 1.29 is 19.1 Å². The Morgan fingerprint density at radius 2 is 1.66 bits per heavy atom. The second-order valence-electron chi connectivity index (χ2n) is 8.99. The van der Waals surface area contributed by atoms with Gasteiger partial charge in [0, 0.05) is 16.3 Å². The summed E-state index contributed by atoms with van der Waals surface area (Å²) in [4.78, 5) is 29.8. The third-order valence-electron chi connectivity index (χ3n) is 4.16. The quantitative estimate of drug-likeness (QED) is 0.688. The van der Waals surface area contributed by atoms with Crippen molar-refractivity contribution in [1.82, 2.24) is 14.9 Å². The highest BCUT2D eigenvalue weighted by molar-refractivity contribution is 6.14. The van der Waals surface area contributed by atoms with Crippen molar-refractivity contribution in [2.24, 2.45) is 0 Å². The fourth-order valence-corrected chi connectivity index (χ4v) is 3.06. The van der Waals surface area contributed by atoms with E-state index in [1.807, 2.05) is 47.6 Å². The summed E-state index contributed by atoms with van der Waals surface area (Å²) in [6, 6.07) is 7.11. The van der Waals surface area contributed by atoms with Crippen LogP contribution in [0.3, 0.4) is 0 Å². The Bertz CT molecular complexity index is 1100. The van der Waals surface area contributed by atoms with Crippen LogP contribution in [-0.4, -0.2) is 39.8 Å². The van der Waals surface area contributed by atoms with Gasteiger partial charge in [-0.05, 0) is 65.8 Å². The zero-order valence-electron chi connectivity index (χ0n) is 17.9.